The van der Waals surface area contributed by atoms with Gasteiger partial charge in [0.1, 0.15) is 0 Å². The fourth-order valence-electron chi connectivity index (χ4n) is 1.54. The predicted molar refractivity (Wildman–Crippen MR) is 33.0 cm³/mol. The van der Waals surface area contributed by atoms with Gasteiger partial charge in [-0.2, -0.15) is 0 Å². The average Bonchev–Trinajstić information content (AvgIpc) is 2.39. The first-order chi connectivity index (χ1) is 4.79. The van der Waals surface area contributed by atoms with E-state index in [2.05, 4.69) is 10.6 Å². The van der Waals surface area contributed by atoms with Crippen LogP contribution in [0.3, 0.4) is 0 Å². The second kappa shape index (κ2) is 1.79. The number of nitrogens with one attached hydrogen (secondary N) is 2. The normalized spacial score (nSPS) is 38.0. The molecule has 4 heteroatoms. The summed E-state index contributed by atoms with van der Waals surface area (Å²) in [7, 11) is 0. The molecule has 2 rings (SSSR count). The minimum Gasteiger partial charge on any atom is -0.315 e. The van der Waals surface area contributed by atoms with Crippen molar-refractivity contribution in [3.63, 3.8) is 0 Å². The number of rotatable bonds is 0. The van der Waals surface area contributed by atoms with Gasteiger partial charge in [0.05, 0.1) is 11.8 Å². The lowest BCUT2D eigenvalue weighted by Crippen LogP contribution is -2.28. The van der Waals surface area contributed by atoms with E-state index in [-0.39, 0.29) is 23.7 Å². The van der Waals surface area contributed by atoms with Gasteiger partial charge in [0.15, 0.2) is 0 Å². The molecule has 0 saturated carbocycles. The van der Waals surface area contributed by atoms with E-state index in [1.165, 1.54) is 0 Å². The summed E-state index contributed by atoms with van der Waals surface area (Å²) in [6.45, 7) is 1.31. The fraction of sp³-hybridized carbons (Fsp3) is 0.667. The minimum absolute atomic E-state index is 0.0903. The monoisotopic (exact) mass is 140 g/mol. The van der Waals surface area contributed by atoms with Crippen LogP contribution in [0.2, 0.25) is 0 Å². The summed E-state index contributed by atoms with van der Waals surface area (Å²) < 4.78 is 0. The molecule has 2 aliphatic heterocycles. The molecule has 0 aromatic carbocycles. The number of carbonyl (C=O) groups excluding carboxylic acids is 2. The summed E-state index contributed by atoms with van der Waals surface area (Å²) >= 11 is 0. The van der Waals surface area contributed by atoms with Crippen LogP contribution in [0.5, 0.6) is 0 Å². The number of amides is 2. The largest absolute Gasteiger partial charge is 0.315 e. The summed E-state index contributed by atoms with van der Waals surface area (Å²) in [6, 6.07) is 0. The number of hydrogen-bond acceptors (Lipinski definition) is 3. The van der Waals surface area contributed by atoms with Gasteiger partial charge in [-0.15, -0.1) is 0 Å². The van der Waals surface area contributed by atoms with E-state index in [4.69, 9.17) is 0 Å². The Morgan fingerprint density at radius 2 is 1.60 bits per heavy atom. The molecule has 2 fully saturated rings. The highest BCUT2D eigenvalue weighted by molar-refractivity contribution is 6.05. The molecular formula is C6H8N2O2. The number of fused-ring (bicyclic) bond motifs is 1. The maximum Gasteiger partial charge on any atom is 0.231 e. The van der Waals surface area contributed by atoms with E-state index in [1.54, 1.807) is 0 Å². The standard InChI is InChI=1S/C6H8N2O2/c9-5-3-1-7-2-4(3)6(10)8-5/h3-4,7H,1-2H2,(H,8,9,10)/t3-,4-/m0/s1. The zero-order valence-electron chi connectivity index (χ0n) is 5.39. The second-order valence-corrected chi connectivity index (χ2v) is 2.72. The summed E-state index contributed by atoms with van der Waals surface area (Å²) in [5.41, 5.74) is 0. The van der Waals surface area contributed by atoms with Crippen LogP contribution >= 0.6 is 0 Å². The van der Waals surface area contributed by atoms with Crippen LogP contribution in [0.1, 0.15) is 0 Å². The fourth-order valence-corrected chi connectivity index (χ4v) is 1.54. The van der Waals surface area contributed by atoms with E-state index in [9.17, 15) is 9.59 Å². The van der Waals surface area contributed by atoms with Crippen LogP contribution in [0, 0.1) is 11.8 Å². The molecule has 2 saturated heterocycles. The van der Waals surface area contributed by atoms with Crippen molar-refractivity contribution in [2.75, 3.05) is 13.1 Å². The van der Waals surface area contributed by atoms with Crippen molar-refractivity contribution < 1.29 is 9.59 Å². The molecule has 2 amide bonds. The van der Waals surface area contributed by atoms with Crippen LogP contribution in [0.4, 0.5) is 0 Å². The molecular weight excluding hydrogens is 132 g/mol. The average molecular weight is 140 g/mol. The van der Waals surface area contributed by atoms with Crippen molar-refractivity contribution in [3.05, 3.63) is 0 Å². The molecule has 0 aliphatic carbocycles. The molecule has 0 aromatic heterocycles. The van der Waals surface area contributed by atoms with E-state index in [0.29, 0.717) is 13.1 Å². The summed E-state index contributed by atoms with van der Waals surface area (Å²) in [6.07, 6.45) is 0. The van der Waals surface area contributed by atoms with Gasteiger partial charge in [-0.1, -0.05) is 0 Å². The highest BCUT2D eigenvalue weighted by Crippen LogP contribution is 2.21. The van der Waals surface area contributed by atoms with E-state index in [1.807, 2.05) is 0 Å². The Hall–Kier alpha value is -0.900. The molecule has 0 spiro atoms. The van der Waals surface area contributed by atoms with Gasteiger partial charge in [0.25, 0.3) is 0 Å². The Morgan fingerprint density at radius 1 is 1.10 bits per heavy atom. The third-order valence-corrected chi connectivity index (χ3v) is 2.13. The zero-order valence-corrected chi connectivity index (χ0v) is 5.39. The Kier molecular flexibility index (Phi) is 1.05. The first-order valence-electron chi connectivity index (χ1n) is 3.34. The molecule has 0 unspecified atom stereocenters. The third-order valence-electron chi connectivity index (χ3n) is 2.13. The maximum absolute atomic E-state index is 10.9. The summed E-state index contributed by atoms with van der Waals surface area (Å²) in [5.74, 6) is -0.403. The van der Waals surface area contributed by atoms with Gasteiger partial charge in [-0.05, 0) is 0 Å². The lowest BCUT2D eigenvalue weighted by molar-refractivity contribution is -0.126. The second-order valence-electron chi connectivity index (χ2n) is 2.72. The lowest BCUT2D eigenvalue weighted by atomic mass is 10.00. The van der Waals surface area contributed by atoms with Crippen molar-refractivity contribution in [3.8, 4) is 0 Å². The summed E-state index contributed by atoms with van der Waals surface area (Å²) in [4.78, 5) is 21.8. The van der Waals surface area contributed by atoms with Crippen molar-refractivity contribution in [2.24, 2.45) is 11.8 Å². The van der Waals surface area contributed by atoms with Crippen LogP contribution in [0.25, 0.3) is 0 Å². The summed E-state index contributed by atoms with van der Waals surface area (Å²) in [5, 5.41) is 5.30. The van der Waals surface area contributed by atoms with Crippen LogP contribution in [0.15, 0.2) is 0 Å². The molecule has 2 heterocycles. The first-order valence-corrected chi connectivity index (χ1v) is 3.34. The SMILES string of the molecule is O=C1NC(=O)[C@H]2CNC[C@H]12. The van der Waals surface area contributed by atoms with Crippen LogP contribution in [-0.2, 0) is 9.59 Å². The molecule has 0 radical (unpaired) electrons. The molecule has 0 aromatic rings. The van der Waals surface area contributed by atoms with E-state index < -0.39 is 0 Å². The van der Waals surface area contributed by atoms with Crippen molar-refractivity contribution in [1.82, 2.24) is 10.6 Å². The van der Waals surface area contributed by atoms with Crippen molar-refractivity contribution >= 4 is 11.8 Å². The predicted octanol–water partition coefficient (Wildman–Crippen LogP) is -1.52. The minimum atomic E-state index is -0.111. The van der Waals surface area contributed by atoms with E-state index >= 15 is 0 Å². The molecule has 2 N–H and O–H groups in total. The van der Waals surface area contributed by atoms with Crippen LogP contribution in [-0.4, -0.2) is 24.9 Å². The molecule has 2 atom stereocenters. The third kappa shape index (κ3) is 0.593. The van der Waals surface area contributed by atoms with Gasteiger partial charge in [-0.3, -0.25) is 14.9 Å². The van der Waals surface area contributed by atoms with Crippen molar-refractivity contribution in [2.45, 2.75) is 0 Å². The maximum atomic E-state index is 10.9. The first kappa shape index (κ1) is 5.85. The zero-order chi connectivity index (χ0) is 7.14. The Balaban J connectivity index is 2.27. The lowest BCUT2D eigenvalue weighted by Gasteiger charge is -1.97. The van der Waals surface area contributed by atoms with E-state index in [0.717, 1.165) is 0 Å². The highest BCUT2D eigenvalue weighted by atomic mass is 16.2. The number of hydrogen-bond donors (Lipinski definition) is 2. The number of carbonyl (C=O) groups is 2. The Labute approximate surface area is 58.0 Å². The smallest absolute Gasteiger partial charge is 0.231 e. The van der Waals surface area contributed by atoms with Crippen molar-refractivity contribution in [1.29, 1.82) is 0 Å². The molecule has 0 bridgehead atoms. The number of imide groups is 1. The van der Waals surface area contributed by atoms with Gasteiger partial charge in [0.2, 0.25) is 11.8 Å². The van der Waals surface area contributed by atoms with Gasteiger partial charge >= 0.3 is 0 Å². The highest BCUT2D eigenvalue weighted by Gasteiger charge is 2.44. The molecule has 10 heavy (non-hydrogen) atoms. The Bertz CT molecular complexity index is 182. The quantitative estimate of drug-likeness (QED) is 0.402. The Morgan fingerprint density at radius 3 is 2.10 bits per heavy atom. The van der Waals surface area contributed by atoms with Crippen LogP contribution < -0.4 is 10.6 Å². The molecule has 2 aliphatic rings. The van der Waals surface area contributed by atoms with Gasteiger partial charge < -0.3 is 5.32 Å². The van der Waals surface area contributed by atoms with Gasteiger partial charge in [-0.25, -0.2) is 0 Å². The van der Waals surface area contributed by atoms with Gasteiger partial charge in [0, 0.05) is 13.1 Å². The molecule has 4 nitrogen and oxygen atoms in total. The molecule has 54 valence electrons. The topological polar surface area (TPSA) is 58.2 Å².